The Labute approximate surface area is 163 Å². The molecule has 3 aliphatic carbocycles. The number of nitrogens with two attached hydrogens (primary N) is 1. The molecule has 0 aromatic carbocycles. The van der Waals surface area contributed by atoms with Crippen molar-refractivity contribution in [1.29, 1.82) is 0 Å². The van der Waals surface area contributed by atoms with Gasteiger partial charge in [-0.05, 0) is 84.4 Å². The third kappa shape index (κ3) is 3.31. The molecule has 26 heavy (non-hydrogen) atoms. The van der Waals surface area contributed by atoms with Gasteiger partial charge in [-0.15, -0.1) is 0 Å². The van der Waals surface area contributed by atoms with E-state index < -0.39 is 0 Å². The van der Waals surface area contributed by atoms with Gasteiger partial charge in [0.05, 0.1) is 0 Å². The summed E-state index contributed by atoms with van der Waals surface area (Å²) < 4.78 is 0. The Hall–Kier alpha value is -0.300. The van der Waals surface area contributed by atoms with Gasteiger partial charge in [0, 0.05) is 5.54 Å². The van der Waals surface area contributed by atoms with Crippen LogP contribution in [0.4, 0.5) is 0 Å². The lowest BCUT2D eigenvalue weighted by atomic mass is 9.61. The van der Waals surface area contributed by atoms with Crippen molar-refractivity contribution in [1.82, 2.24) is 0 Å². The van der Waals surface area contributed by atoms with Crippen LogP contribution in [0.1, 0.15) is 87.5 Å². The predicted molar refractivity (Wildman–Crippen MR) is 114 cm³/mol. The van der Waals surface area contributed by atoms with Crippen LogP contribution in [-0.2, 0) is 0 Å². The molecule has 0 heterocycles. The minimum Gasteiger partial charge on any atom is -0.321 e. The van der Waals surface area contributed by atoms with Crippen LogP contribution in [0.15, 0.2) is 12.2 Å². The first-order valence-electron chi connectivity index (χ1n) is 11.2. The van der Waals surface area contributed by atoms with Crippen LogP contribution in [0.3, 0.4) is 0 Å². The van der Waals surface area contributed by atoms with Crippen LogP contribution in [0, 0.1) is 52.3 Å². The molecule has 0 aliphatic heterocycles. The van der Waals surface area contributed by atoms with Crippen molar-refractivity contribution in [3.63, 3.8) is 0 Å². The monoisotopic (exact) mass is 359 g/mol. The van der Waals surface area contributed by atoms with Gasteiger partial charge in [-0.1, -0.05) is 67.5 Å². The summed E-state index contributed by atoms with van der Waals surface area (Å²) in [5.74, 6) is 6.70. The minimum absolute atomic E-state index is 0.0495. The van der Waals surface area contributed by atoms with Crippen molar-refractivity contribution in [3.05, 3.63) is 12.2 Å². The first-order valence-corrected chi connectivity index (χ1v) is 11.2. The zero-order chi connectivity index (χ0) is 19.7. The molecular weight excluding hydrogens is 314 g/mol. The molecule has 0 amide bonds. The lowest BCUT2D eigenvalue weighted by molar-refractivity contribution is 0.132. The van der Waals surface area contributed by atoms with Gasteiger partial charge in [0.15, 0.2) is 0 Å². The van der Waals surface area contributed by atoms with Gasteiger partial charge in [-0.3, -0.25) is 0 Å². The molecule has 0 aromatic rings. The molecule has 3 rings (SSSR count). The predicted octanol–water partition coefficient (Wildman–Crippen LogP) is 6.68. The molecule has 2 bridgehead atoms. The minimum atomic E-state index is -0.275. The topological polar surface area (TPSA) is 26.0 Å². The Morgan fingerprint density at radius 3 is 2.12 bits per heavy atom. The van der Waals surface area contributed by atoms with E-state index in [1.165, 1.54) is 24.8 Å². The van der Waals surface area contributed by atoms with Gasteiger partial charge in [-0.25, -0.2) is 0 Å². The third-order valence-corrected chi connectivity index (χ3v) is 8.81. The van der Waals surface area contributed by atoms with Gasteiger partial charge in [0.1, 0.15) is 0 Å². The summed E-state index contributed by atoms with van der Waals surface area (Å²) in [7, 11) is 0. The summed E-state index contributed by atoms with van der Waals surface area (Å²) in [6, 6.07) is 0. The Morgan fingerprint density at radius 2 is 1.58 bits per heavy atom. The Morgan fingerprint density at radius 1 is 0.962 bits per heavy atom. The van der Waals surface area contributed by atoms with E-state index in [0.29, 0.717) is 0 Å². The molecule has 3 saturated carbocycles. The quantitative estimate of drug-likeness (QED) is 0.557. The fourth-order valence-corrected chi connectivity index (χ4v) is 7.34. The summed E-state index contributed by atoms with van der Waals surface area (Å²) in [6.07, 6.45) is 6.60. The maximum absolute atomic E-state index is 7.13. The highest BCUT2D eigenvalue weighted by molar-refractivity contribution is 5.23. The lowest BCUT2D eigenvalue weighted by Crippen LogP contribution is -2.55. The highest BCUT2D eigenvalue weighted by Gasteiger charge is 2.58. The van der Waals surface area contributed by atoms with E-state index in [4.69, 9.17) is 5.73 Å². The second-order valence-corrected chi connectivity index (χ2v) is 12.7. The van der Waals surface area contributed by atoms with E-state index in [2.05, 4.69) is 62.0 Å². The Kier molecular flexibility index (Phi) is 5.00. The van der Waals surface area contributed by atoms with Crippen molar-refractivity contribution in [2.24, 2.45) is 58.0 Å². The molecular formula is C25H45N. The number of hydrogen-bond donors (Lipinski definition) is 1. The molecule has 0 saturated heterocycles. The van der Waals surface area contributed by atoms with E-state index in [-0.39, 0.29) is 16.4 Å². The highest BCUT2D eigenvalue weighted by atomic mass is 14.8. The molecule has 8 unspecified atom stereocenters. The fourth-order valence-electron chi connectivity index (χ4n) is 7.34. The van der Waals surface area contributed by atoms with E-state index in [0.717, 1.165) is 54.3 Å². The largest absolute Gasteiger partial charge is 0.321 e. The van der Waals surface area contributed by atoms with Crippen LogP contribution < -0.4 is 5.73 Å². The molecule has 1 heteroatoms. The van der Waals surface area contributed by atoms with Crippen molar-refractivity contribution in [2.75, 3.05) is 0 Å². The lowest BCUT2D eigenvalue weighted by Gasteiger charge is -2.48. The Balaban J connectivity index is 1.74. The maximum atomic E-state index is 7.13. The molecule has 0 radical (unpaired) electrons. The van der Waals surface area contributed by atoms with Gasteiger partial charge in [0.2, 0.25) is 0 Å². The van der Waals surface area contributed by atoms with Crippen molar-refractivity contribution < 1.29 is 0 Å². The van der Waals surface area contributed by atoms with Gasteiger partial charge < -0.3 is 5.73 Å². The number of hydrogen-bond acceptors (Lipinski definition) is 1. The molecule has 1 nitrogen and oxygen atoms in total. The molecule has 3 aliphatic rings. The average Bonchev–Trinajstić information content (AvgIpc) is 3.08. The second-order valence-electron chi connectivity index (χ2n) is 12.7. The average molecular weight is 360 g/mol. The van der Waals surface area contributed by atoms with Crippen LogP contribution in [0.2, 0.25) is 0 Å². The smallest absolute Gasteiger partial charge is 0.0420 e. The van der Waals surface area contributed by atoms with E-state index in [1.54, 1.807) is 0 Å². The summed E-state index contributed by atoms with van der Waals surface area (Å²) >= 11 is 0. The Bertz CT molecular complexity index is 547. The van der Waals surface area contributed by atoms with E-state index in [9.17, 15) is 0 Å². The van der Waals surface area contributed by atoms with Gasteiger partial charge in [0.25, 0.3) is 0 Å². The van der Waals surface area contributed by atoms with Crippen molar-refractivity contribution >= 4 is 0 Å². The summed E-state index contributed by atoms with van der Waals surface area (Å²) in [4.78, 5) is 0. The molecule has 8 atom stereocenters. The van der Waals surface area contributed by atoms with E-state index >= 15 is 0 Å². The third-order valence-electron chi connectivity index (χ3n) is 8.81. The van der Waals surface area contributed by atoms with Crippen molar-refractivity contribution in [3.8, 4) is 0 Å². The van der Waals surface area contributed by atoms with Crippen LogP contribution in [0.25, 0.3) is 0 Å². The molecule has 150 valence electrons. The number of fused-ring (bicyclic) bond motifs is 5. The first kappa shape index (κ1) is 20.4. The summed E-state index contributed by atoms with van der Waals surface area (Å²) in [5.41, 5.74) is 8.46. The zero-order valence-corrected chi connectivity index (χ0v) is 18.9. The number of rotatable bonds is 4. The SMILES string of the molecule is C=C(CC1CC2CC1C1CC(C)C(C)C21)C(N)(CC(C)(C)C)C(C)(C)C. The van der Waals surface area contributed by atoms with Crippen LogP contribution >= 0.6 is 0 Å². The van der Waals surface area contributed by atoms with Crippen molar-refractivity contribution in [2.45, 2.75) is 93.0 Å². The van der Waals surface area contributed by atoms with Crippen LogP contribution in [0.5, 0.6) is 0 Å². The molecule has 2 N–H and O–H groups in total. The standard InChI is InChI=1S/C25H45N/c1-15-10-21-20-13-19(22(21)17(15)3)12-18(20)11-16(2)25(26,24(7,8)9)14-23(4,5)6/h15,17-22H,2,10-14,26H2,1,3-9H3. The van der Waals surface area contributed by atoms with Gasteiger partial charge >= 0.3 is 0 Å². The second kappa shape index (κ2) is 6.36. The zero-order valence-electron chi connectivity index (χ0n) is 18.9. The first-order chi connectivity index (χ1) is 11.7. The van der Waals surface area contributed by atoms with Gasteiger partial charge in [-0.2, -0.15) is 0 Å². The highest BCUT2D eigenvalue weighted by Crippen LogP contribution is 2.65. The fraction of sp³-hybridized carbons (Fsp3) is 0.920. The van der Waals surface area contributed by atoms with Crippen LogP contribution in [-0.4, -0.2) is 5.54 Å². The summed E-state index contributed by atoms with van der Waals surface area (Å²) in [6.45, 7) is 23.5. The van der Waals surface area contributed by atoms with E-state index in [1.807, 2.05) is 0 Å². The summed E-state index contributed by atoms with van der Waals surface area (Å²) in [5, 5.41) is 0. The molecule has 0 spiro atoms. The molecule has 3 fully saturated rings. The maximum Gasteiger partial charge on any atom is 0.0420 e. The molecule has 0 aromatic heterocycles. The normalized spacial score (nSPS) is 42.0.